The molecule has 1 saturated heterocycles. The van der Waals surface area contributed by atoms with Gasteiger partial charge in [-0.1, -0.05) is 129 Å². The summed E-state index contributed by atoms with van der Waals surface area (Å²) in [5, 5.41) is 20.5. The first kappa shape index (κ1) is 37.1. The molecule has 0 aliphatic carbocycles. The van der Waals surface area contributed by atoms with Gasteiger partial charge in [0.1, 0.15) is 11.9 Å². The van der Waals surface area contributed by atoms with Gasteiger partial charge in [-0.3, -0.25) is 4.79 Å². The maximum atomic E-state index is 11.8. The fourth-order valence-corrected chi connectivity index (χ4v) is 6.14. The molecule has 40 heavy (non-hydrogen) atoms. The van der Waals surface area contributed by atoms with E-state index in [1.165, 1.54) is 103 Å². The molecule has 5 heteroatoms. The Bertz CT molecular complexity index is 607. The number of aliphatic hydroxyl groups is 2. The van der Waals surface area contributed by atoms with Crippen molar-refractivity contribution in [2.75, 3.05) is 0 Å². The number of hydrogen-bond donors (Lipinski definition) is 2. The highest BCUT2D eigenvalue weighted by atomic mass is 16.5. The zero-order chi connectivity index (χ0) is 29.3. The summed E-state index contributed by atoms with van der Waals surface area (Å²) in [5.41, 5.74) is 0. The number of carbonyl (C=O) groups is 2. The van der Waals surface area contributed by atoms with Gasteiger partial charge >= 0.3 is 5.97 Å². The van der Waals surface area contributed by atoms with Gasteiger partial charge in [0.05, 0.1) is 18.1 Å². The van der Waals surface area contributed by atoms with Crippen LogP contribution < -0.4 is 0 Å². The van der Waals surface area contributed by atoms with Crippen LogP contribution in [0.1, 0.15) is 187 Å². The Morgan fingerprint density at radius 2 is 1.05 bits per heavy atom. The van der Waals surface area contributed by atoms with Crippen LogP contribution in [0.5, 0.6) is 0 Å². The van der Waals surface area contributed by atoms with Crippen molar-refractivity contribution in [2.45, 2.75) is 206 Å². The van der Waals surface area contributed by atoms with Crippen molar-refractivity contribution in [3.05, 3.63) is 0 Å². The lowest BCUT2D eigenvalue weighted by molar-refractivity contribution is -0.145. The van der Waals surface area contributed by atoms with Crippen molar-refractivity contribution in [3.63, 3.8) is 0 Å². The number of Topliss-reactive ketones (excluding diaryl/α,β-unsaturated/α-hetero) is 1. The first-order valence-electron chi connectivity index (χ1n) is 17.5. The molecule has 0 aromatic heterocycles. The lowest BCUT2D eigenvalue weighted by atomic mass is 9.96. The average molecular weight is 567 g/mol. The minimum Gasteiger partial charge on any atom is -0.462 e. The number of carbonyl (C=O) groups excluding carboxylic acids is 2. The molecule has 1 rings (SSSR count). The van der Waals surface area contributed by atoms with Gasteiger partial charge in [-0.05, 0) is 51.9 Å². The molecule has 2 N–H and O–H groups in total. The monoisotopic (exact) mass is 566 g/mol. The molecule has 0 aromatic carbocycles. The molecule has 0 radical (unpaired) electrons. The molecule has 1 unspecified atom stereocenters. The smallest absolute Gasteiger partial charge is 0.309 e. The van der Waals surface area contributed by atoms with Crippen molar-refractivity contribution in [1.82, 2.24) is 0 Å². The normalized spacial score (nSPS) is 18.6. The summed E-state index contributed by atoms with van der Waals surface area (Å²) in [6, 6.07) is 0. The molecular formula is C35H66O5. The third kappa shape index (κ3) is 21.8. The lowest BCUT2D eigenvalue weighted by Crippen LogP contribution is -2.10. The number of aliphatic hydroxyl groups excluding tert-OH is 2. The molecule has 0 spiro atoms. The van der Waals surface area contributed by atoms with Gasteiger partial charge in [0.25, 0.3) is 0 Å². The summed E-state index contributed by atoms with van der Waals surface area (Å²) in [7, 11) is 0. The van der Waals surface area contributed by atoms with Crippen molar-refractivity contribution >= 4 is 11.8 Å². The first-order chi connectivity index (χ1) is 19.4. The molecule has 4 atom stereocenters. The molecule has 0 saturated carbocycles. The molecule has 1 aliphatic rings. The second-order valence-electron chi connectivity index (χ2n) is 12.9. The van der Waals surface area contributed by atoms with E-state index in [-0.39, 0.29) is 36.0 Å². The Balaban J connectivity index is 1.81. The zero-order valence-electron chi connectivity index (χ0n) is 26.5. The predicted octanol–water partition coefficient (Wildman–Crippen LogP) is 9.39. The van der Waals surface area contributed by atoms with Gasteiger partial charge < -0.3 is 19.7 Å². The number of hydrogen-bond acceptors (Lipinski definition) is 5. The second kappa shape index (κ2) is 25.7. The van der Waals surface area contributed by atoms with Crippen LogP contribution >= 0.6 is 0 Å². The Morgan fingerprint density at radius 3 is 1.45 bits per heavy atom. The maximum absolute atomic E-state index is 11.8. The van der Waals surface area contributed by atoms with Gasteiger partial charge in [-0.2, -0.15) is 0 Å². The van der Waals surface area contributed by atoms with Gasteiger partial charge in [0.2, 0.25) is 0 Å². The molecule has 236 valence electrons. The van der Waals surface area contributed by atoms with Gasteiger partial charge in [-0.15, -0.1) is 0 Å². The maximum Gasteiger partial charge on any atom is 0.309 e. The average Bonchev–Trinajstić information content (AvgIpc) is 3.26. The van der Waals surface area contributed by atoms with E-state index in [0.717, 1.165) is 64.2 Å². The van der Waals surface area contributed by atoms with Crippen molar-refractivity contribution in [1.29, 1.82) is 0 Å². The second-order valence-corrected chi connectivity index (χ2v) is 12.9. The largest absolute Gasteiger partial charge is 0.462 e. The van der Waals surface area contributed by atoms with E-state index in [4.69, 9.17) is 4.74 Å². The summed E-state index contributed by atoms with van der Waals surface area (Å²) in [6.45, 7) is 3.80. The van der Waals surface area contributed by atoms with Crippen LogP contribution in [0.2, 0.25) is 0 Å². The molecule has 1 fully saturated rings. The number of unbranched alkanes of at least 4 members (excludes halogenated alkanes) is 17. The van der Waals surface area contributed by atoms with Crippen molar-refractivity contribution in [2.24, 2.45) is 5.92 Å². The van der Waals surface area contributed by atoms with E-state index in [2.05, 4.69) is 6.92 Å². The molecule has 1 heterocycles. The standard InChI is InChI=1S/C35H66O5/c1-3-4-5-6-7-8-9-10-11-12-14-18-23-32(37)24-19-15-13-16-20-25-33(38)26-21-17-22-27-34-29-31(28-30(2)36)35(39)40-34/h31-34,37-38H,3-29H2,1-2H3/t31-,32?,33-,34+/m0/s1. The Morgan fingerprint density at radius 1 is 0.675 bits per heavy atom. The van der Waals surface area contributed by atoms with E-state index in [0.29, 0.717) is 12.8 Å². The van der Waals surface area contributed by atoms with Gasteiger partial charge in [0.15, 0.2) is 0 Å². The highest BCUT2D eigenvalue weighted by molar-refractivity contribution is 5.83. The Hall–Kier alpha value is -0.940. The van der Waals surface area contributed by atoms with Crippen LogP contribution in [0.4, 0.5) is 0 Å². The van der Waals surface area contributed by atoms with E-state index in [9.17, 15) is 19.8 Å². The predicted molar refractivity (Wildman–Crippen MR) is 166 cm³/mol. The van der Waals surface area contributed by atoms with E-state index in [1.54, 1.807) is 0 Å². The number of esters is 1. The molecule has 1 aliphatic heterocycles. The summed E-state index contributed by atoms with van der Waals surface area (Å²) >= 11 is 0. The van der Waals surface area contributed by atoms with Crippen molar-refractivity contribution < 1.29 is 24.5 Å². The fourth-order valence-electron chi connectivity index (χ4n) is 6.14. The van der Waals surface area contributed by atoms with Crippen LogP contribution in [-0.4, -0.2) is 40.3 Å². The molecule has 0 bridgehead atoms. The van der Waals surface area contributed by atoms with Gasteiger partial charge in [0, 0.05) is 6.42 Å². The SMILES string of the molecule is CCCCCCCCCCCCCCC(O)CCCCCCC[C@H](O)CCCCC[C@@H]1C[C@H](CC(C)=O)C(=O)O1. The summed E-state index contributed by atoms with van der Waals surface area (Å²) < 4.78 is 5.40. The fraction of sp³-hybridized carbons (Fsp3) is 0.943. The van der Waals surface area contributed by atoms with Crippen LogP contribution in [-0.2, 0) is 14.3 Å². The number of rotatable bonds is 29. The molecular weight excluding hydrogens is 500 g/mol. The van der Waals surface area contributed by atoms with Crippen LogP contribution in [0.25, 0.3) is 0 Å². The number of ketones is 1. The van der Waals surface area contributed by atoms with Crippen LogP contribution in [0.3, 0.4) is 0 Å². The van der Waals surface area contributed by atoms with Crippen molar-refractivity contribution in [3.8, 4) is 0 Å². The highest BCUT2D eigenvalue weighted by Gasteiger charge is 2.34. The van der Waals surface area contributed by atoms with E-state index in [1.807, 2.05) is 0 Å². The first-order valence-corrected chi connectivity index (χ1v) is 17.5. The van der Waals surface area contributed by atoms with E-state index < -0.39 is 0 Å². The lowest BCUT2D eigenvalue weighted by Gasteiger charge is -2.12. The summed E-state index contributed by atoms with van der Waals surface area (Å²) in [5.74, 6) is -0.393. The minimum atomic E-state index is -0.238. The number of cyclic esters (lactones) is 1. The third-order valence-corrected chi connectivity index (χ3v) is 8.73. The summed E-state index contributed by atoms with van der Waals surface area (Å²) in [4.78, 5) is 23.0. The molecule has 0 aromatic rings. The Labute approximate surface area is 247 Å². The highest BCUT2D eigenvalue weighted by Crippen LogP contribution is 2.28. The number of ether oxygens (including phenoxy) is 1. The van der Waals surface area contributed by atoms with Crippen LogP contribution in [0.15, 0.2) is 0 Å². The topological polar surface area (TPSA) is 83.8 Å². The molecule has 5 nitrogen and oxygen atoms in total. The third-order valence-electron chi connectivity index (χ3n) is 8.73. The minimum absolute atomic E-state index is 0.0303. The molecule has 0 amide bonds. The summed E-state index contributed by atoms with van der Waals surface area (Å²) in [6.07, 6.45) is 30.3. The van der Waals surface area contributed by atoms with Gasteiger partial charge in [-0.25, -0.2) is 0 Å². The van der Waals surface area contributed by atoms with E-state index >= 15 is 0 Å². The van der Waals surface area contributed by atoms with Crippen LogP contribution in [0, 0.1) is 5.92 Å². The zero-order valence-corrected chi connectivity index (χ0v) is 26.5. The Kier molecular flexibility index (Phi) is 23.9. The quantitative estimate of drug-likeness (QED) is 0.0696.